The molecule has 0 saturated carbocycles. The number of rotatable bonds is 10. The molecule has 32 heavy (non-hydrogen) atoms. The van der Waals surface area contributed by atoms with Gasteiger partial charge in [-0.3, -0.25) is 18.9 Å². The number of nitrogens with two attached hydrogens (primary N) is 1. The topological polar surface area (TPSA) is 270 Å². The van der Waals surface area contributed by atoms with E-state index in [1.54, 1.807) is 0 Å². The molecule has 8 N–H and O–H groups in total. The van der Waals surface area contributed by atoms with E-state index >= 15 is 0 Å². The molecule has 2 heterocycles. The van der Waals surface area contributed by atoms with Crippen molar-refractivity contribution in [3.8, 4) is 0 Å². The highest BCUT2D eigenvalue weighted by Crippen LogP contribution is 2.66. The van der Waals surface area contributed by atoms with Crippen LogP contribution in [0.3, 0.4) is 0 Å². The number of H-pyrrole nitrogens is 1. The van der Waals surface area contributed by atoms with Gasteiger partial charge in [-0.2, -0.15) is 8.62 Å². The summed E-state index contributed by atoms with van der Waals surface area (Å²) in [5, 5.41) is 10.3. The number of hydrogen-bond acceptors (Lipinski definition) is 11. The van der Waals surface area contributed by atoms with Crippen LogP contribution in [0.4, 0.5) is 0 Å². The van der Waals surface area contributed by atoms with Gasteiger partial charge in [0.2, 0.25) is 0 Å². The van der Waals surface area contributed by atoms with Gasteiger partial charge in [-0.1, -0.05) is 6.08 Å². The molecular formula is C12H20N3O14P3. The largest absolute Gasteiger partial charge is 0.490 e. The van der Waals surface area contributed by atoms with E-state index in [-0.39, 0.29) is 12.8 Å². The van der Waals surface area contributed by atoms with Crippen LogP contribution in [0.1, 0.15) is 12.8 Å². The average molecular weight is 523 g/mol. The molecule has 1 saturated heterocycles. The second kappa shape index (κ2) is 9.81. The van der Waals surface area contributed by atoms with Crippen LogP contribution < -0.4 is 17.0 Å². The minimum Gasteiger partial charge on any atom is -0.405 e. The summed E-state index contributed by atoms with van der Waals surface area (Å²) >= 11 is 0. The van der Waals surface area contributed by atoms with Crippen molar-refractivity contribution in [3.63, 3.8) is 0 Å². The SMILES string of the molecule is NC=CC[C@]1(n2ccc(=O)[nH]c2=O)C[C@H](O)[C@@H](COP(=O)(O)OP(=O)(O)OP(=O)(O)O)O1. The molecular weight excluding hydrogens is 503 g/mol. The monoisotopic (exact) mass is 523 g/mol. The van der Waals surface area contributed by atoms with E-state index in [0.29, 0.717) is 0 Å². The molecule has 0 radical (unpaired) electrons. The Balaban J connectivity index is 2.19. The van der Waals surface area contributed by atoms with Crippen molar-refractivity contribution in [1.29, 1.82) is 0 Å². The van der Waals surface area contributed by atoms with Gasteiger partial charge in [0.05, 0.1) is 12.7 Å². The summed E-state index contributed by atoms with van der Waals surface area (Å²) in [5.41, 5.74) is 2.14. The van der Waals surface area contributed by atoms with Gasteiger partial charge in [0.1, 0.15) is 6.10 Å². The Morgan fingerprint density at radius 2 is 1.88 bits per heavy atom. The highest BCUT2D eigenvalue weighted by Gasteiger charge is 2.49. The summed E-state index contributed by atoms with van der Waals surface area (Å²) in [6.07, 6.45) is 0.453. The molecule has 0 bridgehead atoms. The van der Waals surface area contributed by atoms with Crippen molar-refractivity contribution in [2.45, 2.75) is 30.8 Å². The fraction of sp³-hybridized carbons (Fsp3) is 0.500. The lowest BCUT2D eigenvalue weighted by Gasteiger charge is -2.30. The maximum absolute atomic E-state index is 12.2. The second-order valence-electron chi connectivity index (χ2n) is 6.37. The Kier molecular flexibility index (Phi) is 8.22. The number of phosphoric acid groups is 3. The van der Waals surface area contributed by atoms with Gasteiger partial charge in [0, 0.05) is 25.1 Å². The predicted octanol–water partition coefficient (Wildman–Crippen LogP) is -1.45. The fourth-order valence-electron chi connectivity index (χ4n) is 2.86. The van der Waals surface area contributed by atoms with E-state index < -0.39 is 59.3 Å². The zero-order valence-corrected chi connectivity index (χ0v) is 18.5. The minimum absolute atomic E-state index is 0.0851. The van der Waals surface area contributed by atoms with Crippen LogP contribution in [0.25, 0.3) is 0 Å². The molecule has 2 unspecified atom stereocenters. The molecule has 2 rings (SSSR count). The van der Waals surface area contributed by atoms with Crippen molar-refractivity contribution < 1.29 is 56.3 Å². The Bertz CT molecular complexity index is 1110. The molecule has 1 aromatic heterocycles. The summed E-state index contributed by atoms with van der Waals surface area (Å²) in [7, 11) is -16.7. The number of aromatic nitrogens is 2. The summed E-state index contributed by atoms with van der Waals surface area (Å²) in [6, 6.07) is 1.02. The van der Waals surface area contributed by atoms with Crippen molar-refractivity contribution in [3.05, 3.63) is 45.4 Å². The standard InChI is InChI=1S/C12H20N3O14P3/c13-4-1-3-12(15-5-2-10(17)14-11(15)18)6-8(16)9(27-12)7-26-31(22,23)29-32(24,25)28-30(19,20)21/h1-2,4-5,8-9,16H,3,6-7,13H2,(H,22,23)(H,24,25)(H,14,17,18)(H2,19,20,21)/t8-,9+,12+/m0/s1. The summed E-state index contributed by atoms with van der Waals surface area (Å²) in [6.45, 7) is -0.933. The third-order valence-electron chi connectivity index (χ3n) is 3.98. The third kappa shape index (κ3) is 7.28. The van der Waals surface area contributed by atoms with E-state index in [1.807, 2.05) is 4.98 Å². The van der Waals surface area contributed by atoms with Crippen LogP contribution in [0.15, 0.2) is 34.1 Å². The minimum atomic E-state index is -5.72. The molecule has 1 fully saturated rings. The molecule has 0 spiro atoms. The highest BCUT2D eigenvalue weighted by atomic mass is 31.3. The Morgan fingerprint density at radius 3 is 2.44 bits per heavy atom. The molecule has 0 aromatic carbocycles. The molecule has 1 aliphatic rings. The summed E-state index contributed by atoms with van der Waals surface area (Å²) in [4.78, 5) is 61.3. The number of phosphoric ester groups is 1. The van der Waals surface area contributed by atoms with Gasteiger partial charge in [-0.05, 0) is 6.20 Å². The number of aromatic amines is 1. The van der Waals surface area contributed by atoms with Crippen LogP contribution >= 0.6 is 23.5 Å². The van der Waals surface area contributed by atoms with Gasteiger partial charge in [0.15, 0.2) is 5.72 Å². The number of hydrogen-bond donors (Lipinski definition) is 7. The molecule has 0 aliphatic carbocycles. The zero-order valence-electron chi connectivity index (χ0n) is 15.9. The molecule has 182 valence electrons. The molecule has 1 aromatic rings. The fourth-order valence-corrected chi connectivity index (χ4v) is 5.89. The second-order valence-corrected chi connectivity index (χ2v) is 10.8. The number of nitrogens with zero attached hydrogens (tertiary/aromatic N) is 1. The van der Waals surface area contributed by atoms with Crippen LogP contribution in [0, 0.1) is 0 Å². The van der Waals surface area contributed by atoms with Gasteiger partial charge >= 0.3 is 29.2 Å². The Morgan fingerprint density at radius 1 is 1.22 bits per heavy atom. The number of aliphatic hydroxyl groups is 1. The summed E-state index contributed by atoms with van der Waals surface area (Å²) < 4.78 is 52.1. The van der Waals surface area contributed by atoms with Crippen molar-refractivity contribution in [2.24, 2.45) is 5.73 Å². The Labute approximate surface area is 178 Å². The Hall–Kier alpha value is -1.45. The van der Waals surface area contributed by atoms with Gasteiger partial charge in [-0.25, -0.2) is 18.5 Å². The van der Waals surface area contributed by atoms with Gasteiger partial charge < -0.3 is 35.2 Å². The van der Waals surface area contributed by atoms with E-state index in [4.69, 9.17) is 25.2 Å². The average Bonchev–Trinajstić information content (AvgIpc) is 2.91. The normalized spacial score (nSPS) is 27.9. The van der Waals surface area contributed by atoms with E-state index in [2.05, 4.69) is 13.1 Å². The maximum atomic E-state index is 12.2. The maximum Gasteiger partial charge on any atom is 0.490 e. The molecule has 1 aliphatic heterocycles. The molecule has 0 amide bonds. The van der Waals surface area contributed by atoms with E-state index in [1.165, 1.54) is 6.08 Å². The first-order chi connectivity index (χ1) is 14.6. The smallest absolute Gasteiger partial charge is 0.405 e. The predicted molar refractivity (Wildman–Crippen MR) is 103 cm³/mol. The van der Waals surface area contributed by atoms with Gasteiger partial charge in [-0.15, -0.1) is 0 Å². The van der Waals surface area contributed by atoms with Crippen molar-refractivity contribution >= 4 is 23.5 Å². The van der Waals surface area contributed by atoms with Crippen LogP contribution in [0.5, 0.6) is 0 Å². The first kappa shape index (κ1) is 26.8. The van der Waals surface area contributed by atoms with Crippen molar-refractivity contribution in [1.82, 2.24) is 9.55 Å². The first-order valence-electron chi connectivity index (χ1n) is 8.41. The van der Waals surface area contributed by atoms with E-state index in [9.17, 15) is 33.3 Å². The van der Waals surface area contributed by atoms with Crippen molar-refractivity contribution in [2.75, 3.05) is 6.61 Å². The molecule has 5 atom stereocenters. The van der Waals surface area contributed by atoms with Crippen LogP contribution in [0.2, 0.25) is 0 Å². The quantitative estimate of drug-likeness (QED) is 0.173. The zero-order chi connectivity index (χ0) is 24.4. The lowest BCUT2D eigenvalue weighted by atomic mass is 10.0. The first-order valence-corrected chi connectivity index (χ1v) is 12.9. The van der Waals surface area contributed by atoms with Crippen LogP contribution in [-0.2, 0) is 37.3 Å². The number of aliphatic hydroxyl groups excluding tert-OH is 1. The molecule has 20 heteroatoms. The third-order valence-corrected chi connectivity index (χ3v) is 7.78. The summed E-state index contributed by atoms with van der Waals surface area (Å²) in [5.74, 6) is 0. The lowest BCUT2D eigenvalue weighted by Crippen LogP contribution is -2.44. The van der Waals surface area contributed by atoms with Crippen LogP contribution in [-0.4, -0.2) is 53.0 Å². The number of nitrogens with one attached hydrogen (secondary N) is 1. The van der Waals surface area contributed by atoms with E-state index in [0.717, 1.165) is 23.0 Å². The molecule has 17 nitrogen and oxygen atoms in total. The highest BCUT2D eigenvalue weighted by molar-refractivity contribution is 7.66. The lowest BCUT2D eigenvalue weighted by molar-refractivity contribution is -0.116. The number of ether oxygens (including phenoxy) is 1. The van der Waals surface area contributed by atoms with Gasteiger partial charge in [0.25, 0.3) is 5.56 Å².